The summed E-state index contributed by atoms with van der Waals surface area (Å²) < 4.78 is 1.96. The SMILES string of the molecule is CCC(O)CCNCc1ccn(C(C)C)n1. The summed E-state index contributed by atoms with van der Waals surface area (Å²) in [4.78, 5) is 0. The fourth-order valence-electron chi connectivity index (χ4n) is 1.45. The van der Waals surface area contributed by atoms with Crippen LogP contribution in [0, 0.1) is 0 Å². The Kier molecular flexibility index (Phi) is 5.49. The Balaban J connectivity index is 2.21. The fourth-order valence-corrected chi connectivity index (χ4v) is 1.45. The van der Waals surface area contributed by atoms with Crippen molar-refractivity contribution in [3.05, 3.63) is 18.0 Å². The molecule has 4 nitrogen and oxygen atoms in total. The van der Waals surface area contributed by atoms with Crippen molar-refractivity contribution < 1.29 is 5.11 Å². The van der Waals surface area contributed by atoms with Gasteiger partial charge in [-0.3, -0.25) is 4.68 Å². The van der Waals surface area contributed by atoms with E-state index in [-0.39, 0.29) is 6.10 Å². The first kappa shape index (κ1) is 13.2. The third-order valence-corrected chi connectivity index (χ3v) is 2.62. The van der Waals surface area contributed by atoms with Gasteiger partial charge in [-0.1, -0.05) is 6.92 Å². The molecule has 1 atom stereocenters. The quantitative estimate of drug-likeness (QED) is 0.695. The number of hydrogen-bond acceptors (Lipinski definition) is 3. The highest BCUT2D eigenvalue weighted by atomic mass is 16.3. The third kappa shape index (κ3) is 4.33. The molecule has 4 heteroatoms. The zero-order valence-electron chi connectivity index (χ0n) is 10.5. The van der Waals surface area contributed by atoms with Crippen molar-refractivity contribution in [3.8, 4) is 0 Å². The van der Waals surface area contributed by atoms with E-state index in [0.29, 0.717) is 6.04 Å². The van der Waals surface area contributed by atoms with Crippen molar-refractivity contribution in [2.75, 3.05) is 6.54 Å². The number of aliphatic hydroxyl groups is 1. The maximum atomic E-state index is 9.37. The van der Waals surface area contributed by atoms with Crippen LogP contribution in [0.15, 0.2) is 12.3 Å². The summed E-state index contributed by atoms with van der Waals surface area (Å²) in [6.07, 6.45) is 3.45. The first-order valence-electron chi connectivity index (χ1n) is 6.06. The summed E-state index contributed by atoms with van der Waals surface area (Å²) in [5, 5.41) is 17.1. The van der Waals surface area contributed by atoms with E-state index in [1.165, 1.54) is 0 Å². The largest absolute Gasteiger partial charge is 0.393 e. The normalized spacial score (nSPS) is 13.3. The molecular formula is C12H23N3O. The van der Waals surface area contributed by atoms with E-state index >= 15 is 0 Å². The van der Waals surface area contributed by atoms with Gasteiger partial charge in [-0.25, -0.2) is 0 Å². The van der Waals surface area contributed by atoms with Gasteiger partial charge < -0.3 is 10.4 Å². The van der Waals surface area contributed by atoms with Crippen LogP contribution in [0.2, 0.25) is 0 Å². The molecular weight excluding hydrogens is 202 g/mol. The van der Waals surface area contributed by atoms with Gasteiger partial charge in [-0.2, -0.15) is 5.10 Å². The first-order valence-corrected chi connectivity index (χ1v) is 6.06. The van der Waals surface area contributed by atoms with Gasteiger partial charge in [-0.15, -0.1) is 0 Å². The summed E-state index contributed by atoms with van der Waals surface area (Å²) in [6.45, 7) is 7.83. The molecule has 0 amide bonds. The topological polar surface area (TPSA) is 50.1 Å². The first-order chi connectivity index (χ1) is 7.63. The number of rotatable bonds is 7. The van der Waals surface area contributed by atoms with E-state index < -0.39 is 0 Å². The molecule has 2 N–H and O–H groups in total. The average molecular weight is 225 g/mol. The van der Waals surface area contributed by atoms with Crippen LogP contribution < -0.4 is 5.32 Å². The van der Waals surface area contributed by atoms with Crippen molar-refractivity contribution in [1.82, 2.24) is 15.1 Å². The van der Waals surface area contributed by atoms with E-state index in [2.05, 4.69) is 24.3 Å². The summed E-state index contributed by atoms with van der Waals surface area (Å²) in [5.41, 5.74) is 1.06. The molecule has 0 aliphatic carbocycles. The van der Waals surface area contributed by atoms with Crippen LogP contribution in [0.3, 0.4) is 0 Å². The summed E-state index contributed by atoms with van der Waals surface area (Å²) in [5.74, 6) is 0. The predicted molar refractivity (Wildman–Crippen MR) is 65.2 cm³/mol. The summed E-state index contributed by atoms with van der Waals surface area (Å²) >= 11 is 0. The van der Waals surface area contributed by atoms with E-state index in [9.17, 15) is 5.11 Å². The van der Waals surface area contributed by atoms with Crippen LogP contribution in [0.1, 0.15) is 45.3 Å². The summed E-state index contributed by atoms with van der Waals surface area (Å²) in [7, 11) is 0. The number of aromatic nitrogens is 2. The molecule has 0 fully saturated rings. The molecule has 92 valence electrons. The van der Waals surface area contributed by atoms with Crippen molar-refractivity contribution in [2.24, 2.45) is 0 Å². The lowest BCUT2D eigenvalue weighted by Gasteiger charge is -2.07. The molecule has 1 unspecified atom stereocenters. The lowest BCUT2D eigenvalue weighted by atomic mass is 10.2. The second-order valence-electron chi connectivity index (χ2n) is 4.41. The molecule has 1 rings (SSSR count). The van der Waals surface area contributed by atoms with Gasteiger partial charge in [-0.05, 0) is 39.3 Å². The van der Waals surface area contributed by atoms with Crippen molar-refractivity contribution in [2.45, 2.75) is 52.3 Å². The summed E-state index contributed by atoms with van der Waals surface area (Å²) in [6, 6.07) is 2.44. The monoisotopic (exact) mass is 225 g/mol. The van der Waals surface area contributed by atoms with Crippen LogP contribution >= 0.6 is 0 Å². The van der Waals surface area contributed by atoms with Crippen molar-refractivity contribution in [1.29, 1.82) is 0 Å². The zero-order chi connectivity index (χ0) is 12.0. The molecule has 16 heavy (non-hydrogen) atoms. The average Bonchev–Trinajstić information content (AvgIpc) is 2.72. The molecule has 1 aromatic rings. The smallest absolute Gasteiger partial charge is 0.0762 e. The molecule has 0 aliphatic heterocycles. The Bertz CT molecular complexity index is 296. The van der Waals surface area contributed by atoms with Gasteiger partial charge in [0.25, 0.3) is 0 Å². The molecule has 0 aromatic carbocycles. The van der Waals surface area contributed by atoms with Gasteiger partial charge in [0.05, 0.1) is 11.8 Å². The van der Waals surface area contributed by atoms with E-state index in [1.807, 2.05) is 23.9 Å². The standard InChI is InChI=1S/C12H23N3O/c1-4-12(16)5-7-13-9-11-6-8-15(14-11)10(2)3/h6,8,10,12-13,16H,4-5,7,9H2,1-3H3. The van der Waals surface area contributed by atoms with Crippen LogP contribution in [0.5, 0.6) is 0 Å². The van der Waals surface area contributed by atoms with E-state index in [0.717, 1.165) is 31.6 Å². The van der Waals surface area contributed by atoms with Gasteiger partial charge >= 0.3 is 0 Å². The second kappa shape index (κ2) is 6.66. The third-order valence-electron chi connectivity index (χ3n) is 2.62. The predicted octanol–water partition coefficient (Wildman–Crippen LogP) is 1.71. The molecule has 0 bridgehead atoms. The lowest BCUT2D eigenvalue weighted by molar-refractivity contribution is 0.159. The minimum Gasteiger partial charge on any atom is -0.393 e. The Hall–Kier alpha value is -0.870. The highest BCUT2D eigenvalue weighted by Crippen LogP contribution is 2.03. The van der Waals surface area contributed by atoms with Crippen LogP contribution in [-0.4, -0.2) is 27.5 Å². The number of nitrogens with zero attached hydrogens (tertiary/aromatic N) is 2. The van der Waals surface area contributed by atoms with Crippen LogP contribution in [0.4, 0.5) is 0 Å². The van der Waals surface area contributed by atoms with Gasteiger partial charge in [0.1, 0.15) is 0 Å². The minimum absolute atomic E-state index is 0.180. The van der Waals surface area contributed by atoms with Gasteiger partial charge in [0.2, 0.25) is 0 Å². The maximum Gasteiger partial charge on any atom is 0.0762 e. The van der Waals surface area contributed by atoms with E-state index in [1.54, 1.807) is 0 Å². The molecule has 0 aliphatic rings. The highest BCUT2D eigenvalue weighted by molar-refractivity contribution is 4.98. The van der Waals surface area contributed by atoms with Crippen LogP contribution in [-0.2, 0) is 6.54 Å². The van der Waals surface area contributed by atoms with E-state index in [4.69, 9.17) is 0 Å². The number of hydrogen-bond donors (Lipinski definition) is 2. The van der Waals surface area contributed by atoms with Gasteiger partial charge in [0, 0.05) is 18.8 Å². The Morgan fingerprint density at radius 2 is 2.25 bits per heavy atom. The molecule has 0 saturated carbocycles. The maximum absolute atomic E-state index is 9.37. The Labute approximate surface area is 97.7 Å². The molecule has 0 radical (unpaired) electrons. The minimum atomic E-state index is -0.180. The highest BCUT2D eigenvalue weighted by Gasteiger charge is 2.02. The Morgan fingerprint density at radius 3 is 2.81 bits per heavy atom. The number of aliphatic hydroxyl groups excluding tert-OH is 1. The molecule has 1 heterocycles. The fraction of sp³-hybridized carbons (Fsp3) is 0.750. The lowest BCUT2D eigenvalue weighted by Crippen LogP contribution is -2.20. The second-order valence-corrected chi connectivity index (χ2v) is 4.41. The molecule has 0 spiro atoms. The van der Waals surface area contributed by atoms with Crippen LogP contribution in [0.25, 0.3) is 0 Å². The Morgan fingerprint density at radius 1 is 1.50 bits per heavy atom. The number of nitrogens with one attached hydrogen (secondary N) is 1. The zero-order valence-corrected chi connectivity index (χ0v) is 10.5. The van der Waals surface area contributed by atoms with Crippen molar-refractivity contribution in [3.63, 3.8) is 0 Å². The molecule has 1 aromatic heterocycles. The van der Waals surface area contributed by atoms with Crippen molar-refractivity contribution >= 4 is 0 Å². The molecule has 0 saturated heterocycles. The van der Waals surface area contributed by atoms with Gasteiger partial charge in [0.15, 0.2) is 0 Å².